The van der Waals surface area contributed by atoms with E-state index in [-0.39, 0.29) is 17.0 Å². The number of sulfonamides is 1. The molecule has 0 amide bonds. The molecule has 130 valence electrons. The van der Waals surface area contributed by atoms with Crippen LogP contribution in [0.5, 0.6) is 0 Å². The molecule has 0 heterocycles. The van der Waals surface area contributed by atoms with Crippen LogP contribution in [0.1, 0.15) is 31.1 Å². The molecule has 7 nitrogen and oxygen atoms in total. The number of esters is 2. The Morgan fingerprint density at radius 1 is 1.29 bits per heavy atom. The Morgan fingerprint density at radius 2 is 1.96 bits per heavy atom. The van der Waals surface area contributed by atoms with Crippen molar-refractivity contribution in [3.05, 3.63) is 29.8 Å². The van der Waals surface area contributed by atoms with E-state index in [2.05, 4.69) is 10.6 Å². The van der Waals surface area contributed by atoms with Crippen LogP contribution in [0.4, 0.5) is 0 Å². The van der Waals surface area contributed by atoms with Gasteiger partial charge < -0.3 is 9.47 Å². The lowest BCUT2D eigenvalue weighted by molar-refractivity contribution is -0.158. The maximum Gasteiger partial charge on any atom is 0.344 e. The molecule has 0 bridgehead atoms. The maximum absolute atomic E-state index is 12.0. The lowest BCUT2D eigenvalue weighted by Crippen LogP contribution is -2.27. The number of rotatable bonds is 6. The molecule has 1 aromatic carbocycles. The third kappa shape index (κ3) is 6.40. The number of carbonyl (C=O) groups excluding carboxylic acids is 2. The van der Waals surface area contributed by atoms with Gasteiger partial charge in [0.25, 0.3) is 0 Å². The highest BCUT2D eigenvalue weighted by molar-refractivity contribution is 7.89. The second kappa shape index (κ2) is 7.95. The highest BCUT2D eigenvalue weighted by Gasteiger charge is 2.19. The van der Waals surface area contributed by atoms with E-state index in [1.54, 1.807) is 20.8 Å². The van der Waals surface area contributed by atoms with Crippen LogP contribution in [-0.2, 0) is 24.3 Å². The van der Waals surface area contributed by atoms with E-state index in [1.807, 2.05) is 0 Å². The second-order valence-electron chi connectivity index (χ2n) is 5.72. The monoisotopic (exact) mass is 353 g/mol. The number of hydrogen-bond donors (Lipinski definition) is 1. The molecule has 1 N–H and O–H groups in total. The quantitative estimate of drug-likeness (QED) is 0.607. The molecule has 0 aromatic heterocycles. The van der Waals surface area contributed by atoms with Crippen LogP contribution in [0.15, 0.2) is 29.2 Å². The Balaban J connectivity index is 2.78. The highest BCUT2D eigenvalue weighted by atomic mass is 32.2. The predicted molar refractivity (Wildman–Crippen MR) is 86.6 cm³/mol. The van der Waals surface area contributed by atoms with Crippen LogP contribution in [0.25, 0.3) is 0 Å². The lowest BCUT2D eigenvalue weighted by atomic mass is 10.2. The Bertz CT molecular complexity index is 756. The van der Waals surface area contributed by atoms with Crippen LogP contribution in [0, 0.1) is 12.3 Å². The largest absolute Gasteiger partial charge is 0.457 e. The highest BCUT2D eigenvalue weighted by Crippen LogP contribution is 2.13. The van der Waals surface area contributed by atoms with E-state index in [0.717, 1.165) is 6.07 Å². The number of hydrogen-bond acceptors (Lipinski definition) is 6. The summed E-state index contributed by atoms with van der Waals surface area (Å²) in [4.78, 5) is 23.3. The molecule has 0 radical (unpaired) electrons. The third-order valence-corrected chi connectivity index (χ3v) is 3.88. The van der Waals surface area contributed by atoms with Gasteiger partial charge in [0.1, 0.15) is 5.60 Å². The molecule has 0 aliphatic carbocycles. The molecule has 0 unspecified atom stereocenters. The fourth-order valence-electron chi connectivity index (χ4n) is 1.59. The van der Waals surface area contributed by atoms with Crippen LogP contribution in [0.2, 0.25) is 0 Å². The van der Waals surface area contributed by atoms with Gasteiger partial charge in [-0.25, -0.2) is 18.0 Å². The zero-order valence-corrected chi connectivity index (χ0v) is 14.5. The van der Waals surface area contributed by atoms with E-state index in [4.69, 9.17) is 15.9 Å². The number of terminal acetylenes is 1. The van der Waals surface area contributed by atoms with Gasteiger partial charge in [0.05, 0.1) is 17.0 Å². The molecule has 0 aliphatic rings. The number of carbonyl (C=O) groups is 2. The zero-order valence-electron chi connectivity index (χ0n) is 13.7. The van der Waals surface area contributed by atoms with E-state index < -0.39 is 34.2 Å². The van der Waals surface area contributed by atoms with Crippen molar-refractivity contribution in [1.82, 2.24) is 4.72 Å². The van der Waals surface area contributed by atoms with Gasteiger partial charge in [-0.05, 0) is 39.0 Å². The van der Waals surface area contributed by atoms with Gasteiger partial charge in [-0.15, -0.1) is 6.42 Å². The minimum atomic E-state index is -3.83. The van der Waals surface area contributed by atoms with Crippen molar-refractivity contribution in [3.63, 3.8) is 0 Å². The fraction of sp³-hybridized carbons (Fsp3) is 0.375. The summed E-state index contributed by atoms with van der Waals surface area (Å²) >= 11 is 0. The number of ether oxygens (including phenoxy) is 2. The Hall–Kier alpha value is -2.37. The first-order valence-electron chi connectivity index (χ1n) is 6.97. The molecule has 24 heavy (non-hydrogen) atoms. The van der Waals surface area contributed by atoms with Crippen molar-refractivity contribution in [2.45, 2.75) is 31.3 Å². The summed E-state index contributed by atoms with van der Waals surface area (Å²) in [7, 11) is -3.83. The van der Waals surface area contributed by atoms with Crippen molar-refractivity contribution in [2.24, 2.45) is 0 Å². The van der Waals surface area contributed by atoms with Gasteiger partial charge in [0.15, 0.2) is 6.61 Å². The molecular formula is C16H19NO6S. The molecule has 0 saturated carbocycles. The van der Waals surface area contributed by atoms with Crippen LogP contribution in [0.3, 0.4) is 0 Å². The molecule has 1 rings (SSSR count). The minimum Gasteiger partial charge on any atom is -0.457 e. The Labute approximate surface area is 141 Å². The standard InChI is InChI=1S/C16H19NO6S/c1-5-9-17-24(20,21)13-8-6-7-12(10-13)15(19)22-11-14(18)23-16(2,3)4/h1,6-8,10,17H,9,11H2,2-4H3. The van der Waals surface area contributed by atoms with E-state index in [0.29, 0.717) is 0 Å². The average molecular weight is 353 g/mol. The zero-order chi connectivity index (χ0) is 18.4. The summed E-state index contributed by atoms with van der Waals surface area (Å²) in [5, 5.41) is 0. The SMILES string of the molecule is C#CCNS(=O)(=O)c1cccc(C(=O)OCC(=O)OC(C)(C)C)c1. The first kappa shape index (κ1) is 19.7. The smallest absolute Gasteiger partial charge is 0.344 e. The van der Waals surface area contributed by atoms with Gasteiger partial charge in [0, 0.05) is 0 Å². The molecule has 1 aromatic rings. The molecule has 0 aliphatic heterocycles. The van der Waals surface area contributed by atoms with Crippen molar-refractivity contribution < 1.29 is 27.5 Å². The first-order chi connectivity index (χ1) is 11.0. The van der Waals surface area contributed by atoms with Crippen molar-refractivity contribution in [3.8, 4) is 12.3 Å². The lowest BCUT2D eigenvalue weighted by Gasteiger charge is -2.19. The first-order valence-corrected chi connectivity index (χ1v) is 8.45. The molecule has 8 heteroatoms. The Morgan fingerprint density at radius 3 is 2.54 bits per heavy atom. The second-order valence-corrected chi connectivity index (χ2v) is 7.49. The molecule has 0 atom stereocenters. The normalized spacial score (nSPS) is 11.4. The number of benzene rings is 1. The third-order valence-electron chi connectivity index (χ3n) is 2.49. The van der Waals surface area contributed by atoms with E-state index in [1.165, 1.54) is 18.2 Å². The average Bonchev–Trinajstić information content (AvgIpc) is 2.49. The maximum atomic E-state index is 12.0. The van der Waals surface area contributed by atoms with Gasteiger partial charge in [-0.1, -0.05) is 12.0 Å². The molecule has 0 spiro atoms. The van der Waals surface area contributed by atoms with Gasteiger partial charge in [0.2, 0.25) is 10.0 Å². The molecule has 0 saturated heterocycles. The Kier molecular flexibility index (Phi) is 6.51. The van der Waals surface area contributed by atoms with Crippen LogP contribution in [-0.4, -0.2) is 39.1 Å². The van der Waals surface area contributed by atoms with Gasteiger partial charge >= 0.3 is 11.9 Å². The summed E-state index contributed by atoms with van der Waals surface area (Å²) < 4.78 is 35.9. The summed E-state index contributed by atoms with van der Waals surface area (Å²) in [5.41, 5.74) is -0.706. The summed E-state index contributed by atoms with van der Waals surface area (Å²) in [6.07, 6.45) is 5.01. The van der Waals surface area contributed by atoms with Crippen molar-refractivity contribution in [1.29, 1.82) is 0 Å². The van der Waals surface area contributed by atoms with Gasteiger partial charge in [-0.2, -0.15) is 4.72 Å². The summed E-state index contributed by atoms with van der Waals surface area (Å²) in [6.45, 7) is 4.32. The molecule has 0 fully saturated rings. The van der Waals surface area contributed by atoms with Crippen LogP contribution >= 0.6 is 0 Å². The van der Waals surface area contributed by atoms with Gasteiger partial charge in [-0.3, -0.25) is 0 Å². The van der Waals surface area contributed by atoms with E-state index in [9.17, 15) is 18.0 Å². The summed E-state index contributed by atoms with van der Waals surface area (Å²) in [6, 6.07) is 5.20. The van der Waals surface area contributed by atoms with E-state index >= 15 is 0 Å². The molecular weight excluding hydrogens is 334 g/mol. The number of nitrogens with one attached hydrogen (secondary N) is 1. The fourth-order valence-corrected chi connectivity index (χ4v) is 2.57. The topological polar surface area (TPSA) is 98.8 Å². The summed E-state index contributed by atoms with van der Waals surface area (Å²) in [5.74, 6) is 0.612. The minimum absolute atomic E-state index is 0.0119. The predicted octanol–water partition coefficient (Wildman–Crippen LogP) is 1.10. The van der Waals surface area contributed by atoms with Crippen molar-refractivity contribution >= 4 is 22.0 Å². The van der Waals surface area contributed by atoms with Crippen molar-refractivity contribution in [2.75, 3.05) is 13.2 Å². The van der Waals surface area contributed by atoms with Crippen LogP contribution < -0.4 is 4.72 Å².